The second-order valence-electron chi connectivity index (χ2n) is 4.30. The molecule has 0 aliphatic carbocycles. The first-order valence-corrected chi connectivity index (χ1v) is 4.73. The van der Waals surface area contributed by atoms with Gasteiger partial charge in [-0.2, -0.15) is 13.2 Å². The lowest BCUT2D eigenvalue weighted by molar-refractivity contribution is -0.137. The maximum Gasteiger partial charge on any atom is 0.419 e. The van der Waals surface area contributed by atoms with Crippen LogP contribution in [0.2, 0.25) is 5.02 Å². The molecule has 1 nitrogen and oxygen atoms in total. The van der Waals surface area contributed by atoms with Gasteiger partial charge in [0.05, 0.1) is 10.6 Å². The van der Waals surface area contributed by atoms with Gasteiger partial charge >= 0.3 is 6.18 Å². The summed E-state index contributed by atoms with van der Waals surface area (Å²) >= 11 is 5.56. The van der Waals surface area contributed by atoms with Crippen LogP contribution in [0.1, 0.15) is 32.0 Å². The van der Waals surface area contributed by atoms with E-state index in [0.29, 0.717) is 5.69 Å². The Morgan fingerprint density at radius 3 is 2.07 bits per heavy atom. The van der Waals surface area contributed by atoms with Gasteiger partial charge in [0.25, 0.3) is 0 Å². The largest absolute Gasteiger partial charge is 0.419 e. The Morgan fingerprint density at radius 2 is 1.73 bits per heavy atom. The quantitative estimate of drug-likeness (QED) is 0.663. The van der Waals surface area contributed by atoms with Crippen LogP contribution in [0.3, 0.4) is 0 Å². The molecule has 0 aliphatic rings. The Labute approximate surface area is 91.3 Å². The summed E-state index contributed by atoms with van der Waals surface area (Å²) in [6.45, 7) is 5.58. The number of pyridine rings is 1. The van der Waals surface area contributed by atoms with Crippen LogP contribution < -0.4 is 0 Å². The Morgan fingerprint density at radius 1 is 1.20 bits per heavy atom. The van der Waals surface area contributed by atoms with Crippen LogP contribution in [0, 0.1) is 0 Å². The Kier molecular flexibility index (Phi) is 3.01. The first-order valence-electron chi connectivity index (χ1n) is 4.35. The van der Waals surface area contributed by atoms with Crippen LogP contribution in [0.15, 0.2) is 12.3 Å². The van der Waals surface area contributed by atoms with Crippen LogP contribution >= 0.6 is 11.6 Å². The van der Waals surface area contributed by atoms with Crippen molar-refractivity contribution < 1.29 is 13.2 Å². The molecule has 0 unspecified atom stereocenters. The summed E-state index contributed by atoms with van der Waals surface area (Å²) in [5, 5.41) is -0.303. The van der Waals surface area contributed by atoms with Gasteiger partial charge in [0.2, 0.25) is 0 Å². The van der Waals surface area contributed by atoms with E-state index in [1.54, 1.807) is 0 Å². The SMILES string of the molecule is CC(C)(C)c1cc(Cl)c(C(F)(F)F)cn1. The highest BCUT2D eigenvalue weighted by atomic mass is 35.5. The first-order chi connectivity index (χ1) is 6.62. The van der Waals surface area contributed by atoms with Gasteiger partial charge in [-0.3, -0.25) is 4.98 Å². The van der Waals surface area contributed by atoms with Gasteiger partial charge in [0.1, 0.15) is 0 Å². The Balaban J connectivity index is 3.21. The number of hydrogen-bond donors (Lipinski definition) is 0. The van der Waals surface area contributed by atoms with Crippen LogP contribution in [0.25, 0.3) is 0 Å². The molecule has 0 fully saturated rings. The molecule has 0 aliphatic heterocycles. The summed E-state index contributed by atoms with van der Waals surface area (Å²) in [6, 6.07) is 1.27. The van der Waals surface area contributed by atoms with Crippen molar-refractivity contribution in [3.8, 4) is 0 Å². The molecule has 84 valence electrons. The third-order valence-electron chi connectivity index (χ3n) is 1.93. The Bertz CT molecular complexity index is 366. The van der Waals surface area contributed by atoms with E-state index < -0.39 is 11.7 Å². The molecular weight excluding hydrogens is 227 g/mol. The molecule has 0 spiro atoms. The zero-order valence-electron chi connectivity index (χ0n) is 8.61. The molecule has 15 heavy (non-hydrogen) atoms. The molecule has 1 aromatic heterocycles. The molecule has 1 aromatic rings. The van der Waals surface area contributed by atoms with E-state index in [1.165, 1.54) is 6.07 Å². The molecule has 0 atom stereocenters. The molecule has 0 N–H and O–H groups in total. The van der Waals surface area contributed by atoms with Gasteiger partial charge in [0, 0.05) is 17.3 Å². The van der Waals surface area contributed by atoms with E-state index in [9.17, 15) is 13.2 Å². The van der Waals surface area contributed by atoms with Crippen LogP contribution in [0.5, 0.6) is 0 Å². The van der Waals surface area contributed by atoms with E-state index in [4.69, 9.17) is 11.6 Å². The lowest BCUT2D eigenvalue weighted by Crippen LogP contribution is -2.15. The van der Waals surface area contributed by atoms with Gasteiger partial charge in [-0.25, -0.2) is 0 Å². The number of hydrogen-bond acceptors (Lipinski definition) is 1. The molecule has 0 amide bonds. The maximum atomic E-state index is 12.4. The molecule has 0 radical (unpaired) electrons. The fourth-order valence-electron chi connectivity index (χ4n) is 1.05. The van der Waals surface area contributed by atoms with Crippen molar-refractivity contribution in [2.24, 2.45) is 0 Å². The predicted molar refractivity (Wildman–Crippen MR) is 52.9 cm³/mol. The number of alkyl halides is 3. The lowest BCUT2D eigenvalue weighted by Gasteiger charge is -2.19. The van der Waals surface area contributed by atoms with Gasteiger partial charge in [-0.15, -0.1) is 0 Å². The number of nitrogens with zero attached hydrogens (tertiary/aromatic N) is 1. The van der Waals surface area contributed by atoms with Crippen LogP contribution in [-0.4, -0.2) is 4.98 Å². The van der Waals surface area contributed by atoms with Crippen molar-refractivity contribution in [3.63, 3.8) is 0 Å². The highest BCUT2D eigenvalue weighted by molar-refractivity contribution is 6.31. The van der Waals surface area contributed by atoms with E-state index in [1.807, 2.05) is 20.8 Å². The summed E-state index contributed by atoms with van der Waals surface area (Å²) in [6.07, 6.45) is -3.66. The van der Waals surface area contributed by atoms with Crippen LogP contribution in [-0.2, 0) is 11.6 Å². The minimum absolute atomic E-state index is 0.303. The maximum absolute atomic E-state index is 12.4. The molecule has 5 heteroatoms. The number of aromatic nitrogens is 1. The van der Waals surface area contributed by atoms with Gasteiger partial charge in [0.15, 0.2) is 0 Å². The number of rotatable bonds is 0. The van der Waals surface area contributed by atoms with Crippen molar-refractivity contribution in [1.82, 2.24) is 4.98 Å². The Hall–Kier alpha value is -0.770. The first kappa shape index (κ1) is 12.3. The summed E-state index contributed by atoms with van der Waals surface area (Å²) in [4.78, 5) is 3.77. The van der Waals surface area contributed by atoms with Crippen molar-refractivity contribution in [1.29, 1.82) is 0 Å². The minimum Gasteiger partial charge on any atom is -0.260 e. The summed E-state index contributed by atoms with van der Waals surface area (Å²) in [7, 11) is 0. The molecule has 1 heterocycles. The normalized spacial score (nSPS) is 13.0. The molecule has 0 aromatic carbocycles. The average Bonchev–Trinajstić information content (AvgIpc) is 1.99. The zero-order valence-corrected chi connectivity index (χ0v) is 9.37. The van der Waals surface area contributed by atoms with Crippen LogP contribution in [0.4, 0.5) is 13.2 Å². The van der Waals surface area contributed by atoms with E-state index in [2.05, 4.69) is 4.98 Å². The monoisotopic (exact) mass is 237 g/mol. The smallest absolute Gasteiger partial charge is 0.260 e. The summed E-state index contributed by atoms with van der Waals surface area (Å²) in [5.74, 6) is 0. The highest BCUT2D eigenvalue weighted by Gasteiger charge is 2.34. The minimum atomic E-state index is -4.44. The van der Waals surface area contributed by atoms with E-state index in [0.717, 1.165) is 6.20 Å². The molecule has 1 rings (SSSR count). The van der Waals surface area contributed by atoms with Crippen molar-refractivity contribution in [2.75, 3.05) is 0 Å². The van der Waals surface area contributed by atoms with Crippen molar-refractivity contribution in [2.45, 2.75) is 32.4 Å². The third kappa shape index (κ3) is 2.84. The zero-order chi connectivity index (χ0) is 11.9. The second-order valence-corrected chi connectivity index (χ2v) is 4.70. The molecule has 0 saturated heterocycles. The number of halogens is 4. The van der Waals surface area contributed by atoms with Crippen molar-refractivity contribution >= 4 is 11.6 Å². The van der Waals surface area contributed by atoms with Gasteiger partial charge in [-0.05, 0) is 6.07 Å². The fraction of sp³-hybridized carbons (Fsp3) is 0.500. The third-order valence-corrected chi connectivity index (χ3v) is 2.24. The summed E-state index contributed by atoms with van der Waals surface area (Å²) < 4.78 is 37.1. The average molecular weight is 238 g/mol. The topological polar surface area (TPSA) is 12.9 Å². The molecule has 0 saturated carbocycles. The lowest BCUT2D eigenvalue weighted by atomic mass is 9.91. The molecule has 0 bridgehead atoms. The standard InChI is InChI=1S/C10H11ClF3N/c1-9(2,3)8-4-7(11)6(5-15-8)10(12,13)14/h4-5H,1-3H3. The summed E-state index contributed by atoms with van der Waals surface area (Å²) in [5.41, 5.74) is -0.661. The molecular formula is C10H11ClF3N. The van der Waals surface area contributed by atoms with Crippen molar-refractivity contribution in [3.05, 3.63) is 28.5 Å². The van der Waals surface area contributed by atoms with E-state index >= 15 is 0 Å². The van der Waals surface area contributed by atoms with Gasteiger partial charge in [-0.1, -0.05) is 32.4 Å². The second kappa shape index (κ2) is 3.67. The fourth-order valence-corrected chi connectivity index (χ4v) is 1.31. The predicted octanol–water partition coefficient (Wildman–Crippen LogP) is 4.05. The van der Waals surface area contributed by atoms with E-state index in [-0.39, 0.29) is 10.4 Å². The highest BCUT2D eigenvalue weighted by Crippen LogP contribution is 2.35. The van der Waals surface area contributed by atoms with Gasteiger partial charge < -0.3 is 0 Å².